The maximum Gasteiger partial charge on any atom is 0.312 e. The third-order valence-corrected chi connectivity index (χ3v) is 4.89. The smallest absolute Gasteiger partial charge is 0.312 e. The normalized spacial score (nSPS) is 21.6. The van der Waals surface area contributed by atoms with Gasteiger partial charge in [0.15, 0.2) is 5.78 Å². The number of para-hydroxylation sites is 1. The van der Waals surface area contributed by atoms with Gasteiger partial charge in [0.2, 0.25) is 0 Å². The van der Waals surface area contributed by atoms with Crippen LogP contribution in [-0.2, 0) is 19.1 Å². The van der Waals surface area contributed by atoms with Gasteiger partial charge >= 0.3 is 11.9 Å². The monoisotopic (exact) mass is 367 g/mol. The Morgan fingerprint density at radius 2 is 1.41 bits per heavy atom. The number of benzene rings is 2. The number of hydrogen-bond donors (Lipinski definition) is 0. The van der Waals surface area contributed by atoms with E-state index in [-0.39, 0.29) is 12.3 Å². The highest BCUT2D eigenvalue weighted by Gasteiger charge is 2.53. The van der Waals surface area contributed by atoms with Gasteiger partial charge in [-0.1, -0.05) is 48.5 Å². The molecule has 1 heterocycles. The van der Waals surface area contributed by atoms with Crippen LogP contribution in [0, 0.1) is 11.8 Å². The maximum atomic E-state index is 13.3. The molecule has 6 heteroatoms. The second-order valence-corrected chi connectivity index (χ2v) is 6.34. The number of ketones is 1. The van der Waals surface area contributed by atoms with Gasteiger partial charge in [-0.05, 0) is 12.1 Å². The molecule has 1 aliphatic heterocycles. The number of carbonyl (C=O) groups excluding carboxylic acids is 3. The summed E-state index contributed by atoms with van der Waals surface area (Å²) in [4.78, 5) is 40.0. The van der Waals surface area contributed by atoms with Crippen LogP contribution in [0.15, 0.2) is 60.7 Å². The van der Waals surface area contributed by atoms with Crippen LogP contribution in [0.25, 0.3) is 0 Å². The molecule has 2 aromatic carbocycles. The maximum absolute atomic E-state index is 13.3. The summed E-state index contributed by atoms with van der Waals surface area (Å²) in [6.45, 7) is 0.194. The summed E-state index contributed by atoms with van der Waals surface area (Å²) in [7, 11) is 2.53. The zero-order valence-corrected chi connectivity index (χ0v) is 15.2. The Labute approximate surface area is 157 Å². The highest BCUT2D eigenvalue weighted by atomic mass is 16.5. The molecule has 0 spiro atoms. The predicted molar refractivity (Wildman–Crippen MR) is 99.4 cm³/mol. The minimum Gasteiger partial charge on any atom is -0.469 e. The van der Waals surface area contributed by atoms with Crippen LogP contribution in [-0.4, -0.2) is 44.5 Å². The first kappa shape index (κ1) is 18.6. The lowest BCUT2D eigenvalue weighted by Gasteiger charge is -2.28. The second kappa shape index (κ2) is 8.03. The fourth-order valence-corrected chi connectivity index (χ4v) is 3.62. The zero-order valence-electron chi connectivity index (χ0n) is 15.2. The van der Waals surface area contributed by atoms with Crippen molar-refractivity contribution in [3.63, 3.8) is 0 Å². The predicted octanol–water partition coefficient (Wildman–Crippen LogP) is 2.34. The quantitative estimate of drug-likeness (QED) is 0.597. The number of ether oxygens (including phenoxy) is 2. The van der Waals surface area contributed by atoms with Gasteiger partial charge in [0.1, 0.15) is 6.04 Å². The number of nitrogens with zero attached hydrogens (tertiary/aromatic N) is 1. The molecule has 2 aromatic rings. The fraction of sp³-hybridized carbons (Fsp3) is 0.286. The van der Waals surface area contributed by atoms with Gasteiger partial charge in [-0.2, -0.15) is 0 Å². The molecule has 140 valence electrons. The Balaban J connectivity index is 2.09. The number of esters is 2. The van der Waals surface area contributed by atoms with E-state index in [4.69, 9.17) is 9.47 Å². The van der Waals surface area contributed by atoms with Gasteiger partial charge in [-0.15, -0.1) is 0 Å². The van der Waals surface area contributed by atoms with Crippen molar-refractivity contribution in [2.45, 2.75) is 6.04 Å². The zero-order chi connectivity index (χ0) is 19.4. The van der Waals surface area contributed by atoms with Crippen molar-refractivity contribution < 1.29 is 23.9 Å². The third kappa shape index (κ3) is 3.56. The summed E-state index contributed by atoms with van der Waals surface area (Å²) in [6.07, 6.45) is 0. The Morgan fingerprint density at radius 3 is 1.96 bits per heavy atom. The van der Waals surface area contributed by atoms with Crippen molar-refractivity contribution in [1.82, 2.24) is 0 Å². The first-order chi connectivity index (χ1) is 13.1. The molecule has 0 radical (unpaired) electrons. The molecule has 1 fully saturated rings. The molecule has 0 aliphatic carbocycles. The SMILES string of the molecule is COC(=O)[C@H]1[C@H](C(=O)OC)CN(c2ccccc2)[C@H]1C(=O)c1ccccc1. The molecular formula is C21H21NO5. The molecule has 27 heavy (non-hydrogen) atoms. The third-order valence-electron chi connectivity index (χ3n) is 4.89. The molecule has 1 saturated heterocycles. The van der Waals surface area contributed by atoms with Crippen LogP contribution >= 0.6 is 0 Å². The van der Waals surface area contributed by atoms with Crippen LogP contribution in [0.5, 0.6) is 0 Å². The molecular weight excluding hydrogens is 346 g/mol. The standard InChI is InChI=1S/C21H21NO5/c1-26-20(24)16-13-22(15-11-7-4-8-12-15)18(17(16)21(25)27-2)19(23)14-9-5-3-6-10-14/h3-12,16-18H,13H2,1-2H3/t16-,17+,18-/m1/s1. The lowest BCUT2D eigenvalue weighted by Crippen LogP contribution is -2.43. The molecule has 1 aliphatic rings. The summed E-state index contributed by atoms with van der Waals surface area (Å²) in [5, 5.41) is 0. The van der Waals surface area contributed by atoms with E-state index in [0.717, 1.165) is 5.69 Å². The number of rotatable bonds is 5. The average Bonchev–Trinajstić information content (AvgIpc) is 3.14. The number of hydrogen-bond acceptors (Lipinski definition) is 6. The van der Waals surface area contributed by atoms with E-state index in [1.165, 1.54) is 14.2 Å². The van der Waals surface area contributed by atoms with Crippen molar-refractivity contribution in [3.05, 3.63) is 66.2 Å². The molecule has 0 bridgehead atoms. The number of anilines is 1. The summed E-state index contributed by atoms with van der Waals surface area (Å²) < 4.78 is 9.83. The highest BCUT2D eigenvalue weighted by Crippen LogP contribution is 2.37. The average molecular weight is 367 g/mol. The molecule has 0 unspecified atom stereocenters. The van der Waals surface area contributed by atoms with Crippen LogP contribution < -0.4 is 4.90 Å². The largest absolute Gasteiger partial charge is 0.469 e. The molecule has 0 amide bonds. The van der Waals surface area contributed by atoms with E-state index in [9.17, 15) is 14.4 Å². The van der Waals surface area contributed by atoms with Gasteiger partial charge in [0, 0.05) is 17.8 Å². The molecule has 3 atom stereocenters. The molecule has 0 N–H and O–H groups in total. The van der Waals surface area contributed by atoms with E-state index in [0.29, 0.717) is 5.56 Å². The Kier molecular flexibility index (Phi) is 5.54. The van der Waals surface area contributed by atoms with E-state index in [1.807, 2.05) is 36.4 Å². The fourth-order valence-electron chi connectivity index (χ4n) is 3.62. The second-order valence-electron chi connectivity index (χ2n) is 6.34. The Morgan fingerprint density at radius 1 is 0.852 bits per heavy atom. The number of carbonyl (C=O) groups is 3. The van der Waals surface area contributed by atoms with Crippen LogP contribution in [0.3, 0.4) is 0 Å². The first-order valence-corrected chi connectivity index (χ1v) is 8.65. The summed E-state index contributed by atoms with van der Waals surface area (Å²) in [5.41, 5.74) is 1.23. The van der Waals surface area contributed by atoms with Crippen LogP contribution in [0.2, 0.25) is 0 Å². The van der Waals surface area contributed by atoms with Gasteiger partial charge in [0.25, 0.3) is 0 Å². The number of Topliss-reactive ketones (excluding diaryl/α,β-unsaturated/α-hetero) is 1. The minimum absolute atomic E-state index is 0.194. The van der Waals surface area contributed by atoms with E-state index in [2.05, 4.69) is 0 Å². The van der Waals surface area contributed by atoms with Crippen molar-refractivity contribution in [2.75, 3.05) is 25.7 Å². The first-order valence-electron chi connectivity index (χ1n) is 8.65. The van der Waals surface area contributed by atoms with Gasteiger partial charge in [-0.25, -0.2) is 0 Å². The van der Waals surface area contributed by atoms with Crippen LogP contribution in [0.4, 0.5) is 5.69 Å². The van der Waals surface area contributed by atoms with Crippen LogP contribution in [0.1, 0.15) is 10.4 Å². The highest BCUT2D eigenvalue weighted by molar-refractivity contribution is 6.06. The van der Waals surface area contributed by atoms with Crippen molar-refractivity contribution in [3.8, 4) is 0 Å². The summed E-state index contributed by atoms with van der Waals surface area (Å²) in [6, 6.07) is 17.1. The van der Waals surface area contributed by atoms with Gasteiger partial charge < -0.3 is 14.4 Å². The lowest BCUT2D eigenvalue weighted by atomic mass is 9.86. The van der Waals surface area contributed by atoms with Gasteiger partial charge in [-0.3, -0.25) is 14.4 Å². The van der Waals surface area contributed by atoms with E-state index in [1.54, 1.807) is 29.2 Å². The molecule has 0 aromatic heterocycles. The van der Waals surface area contributed by atoms with Gasteiger partial charge in [0.05, 0.1) is 26.1 Å². The van der Waals surface area contributed by atoms with Crippen molar-refractivity contribution in [1.29, 1.82) is 0 Å². The van der Waals surface area contributed by atoms with Crippen molar-refractivity contribution >= 4 is 23.4 Å². The summed E-state index contributed by atoms with van der Waals surface area (Å²) >= 11 is 0. The Bertz CT molecular complexity index is 821. The lowest BCUT2D eigenvalue weighted by molar-refractivity contribution is -0.155. The van der Waals surface area contributed by atoms with E-state index >= 15 is 0 Å². The van der Waals surface area contributed by atoms with Crippen molar-refractivity contribution in [2.24, 2.45) is 11.8 Å². The summed E-state index contributed by atoms with van der Waals surface area (Å²) in [5.74, 6) is -3.11. The molecule has 6 nitrogen and oxygen atoms in total. The molecule has 0 saturated carbocycles. The Hall–Kier alpha value is -3.15. The minimum atomic E-state index is -0.949. The topological polar surface area (TPSA) is 72.9 Å². The molecule has 3 rings (SSSR count). The number of methoxy groups -OCH3 is 2. The van der Waals surface area contributed by atoms with E-state index < -0.39 is 29.8 Å².